The smallest absolute Gasteiger partial charge is 0.407 e. The molecule has 0 amide bonds. The Morgan fingerprint density at radius 2 is 0.639 bits per heavy atom. The summed E-state index contributed by atoms with van der Waals surface area (Å²) in [6.07, 6.45) is 15.4. The average molecular weight is 969 g/mol. The molecule has 0 spiro atoms. The molecule has 3 aliphatic heterocycles. The number of ether oxygens (including phenoxy) is 2. The van der Waals surface area contributed by atoms with Crippen LogP contribution < -0.4 is 10.9 Å². The second-order valence-corrected chi connectivity index (χ2v) is 20.0. The minimum Gasteiger partial charge on any atom is -0.407 e. The zero-order valence-electron chi connectivity index (χ0n) is 44.3. The number of hydrogen-bond acceptors (Lipinski definition) is 6. The van der Waals surface area contributed by atoms with Gasteiger partial charge < -0.3 is 28.1 Å². The monoisotopic (exact) mass is 969 g/mol. The largest absolute Gasteiger partial charge is 0.493 e. The van der Waals surface area contributed by atoms with Crippen molar-refractivity contribution in [3.8, 4) is 0 Å². The summed E-state index contributed by atoms with van der Waals surface area (Å²) < 4.78 is 35.9. The standard InChI is InChI=1S/C24H32O2.C23H31BO2.C17H19BO2/c1-3-5-7-19-9-13-21(14-10-19)23-17-25-24(26-18-23)22-15-11-20(12-16-22)8-6-4-2;1-3-5-7-19-9-13-21(14-10-19)22-17-25-24(26-18-22)23-15-11-20(12-16-23)8-6-4-2;1-2-14-8-10-17(11-9-14)18-19-12-16(13-20-18)15-6-4-3-5-7-15/h9-16,23-24H,3-8,17-18H2,1-2H3;9-16,22H,3-8,17-18H2,1-2H3;3-11,16H,2,12-13H2,1H3. The molecule has 0 unspecified atom stereocenters. The van der Waals surface area contributed by atoms with Gasteiger partial charge in [0, 0.05) is 49.7 Å². The number of unbranched alkanes of at least 4 members (excludes halogenated alkanes) is 4. The minimum absolute atomic E-state index is 0.221. The first-order valence-corrected chi connectivity index (χ1v) is 27.6. The van der Waals surface area contributed by atoms with E-state index in [1.54, 1.807) is 0 Å². The van der Waals surface area contributed by atoms with E-state index in [9.17, 15) is 0 Å². The number of aryl methyl sites for hydroxylation is 5. The van der Waals surface area contributed by atoms with Gasteiger partial charge in [-0.25, -0.2) is 0 Å². The highest BCUT2D eigenvalue weighted by Crippen LogP contribution is 2.31. The van der Waals surface area contributed by atoms with Crippen molar-refractivity contribution in [2.75, 3.05) is 39.6 Å². The van der Waals surface area contributed by atoms with E-state index < -0.39 is 0 Å². The summed E-state index contributed by atoms with van der Waals surface area (Å²) in [5.74, 6) is 0.993. The van der Waals surface area contributed by atoms with Gasteiger partial charge in [-0.3, -0.25) is 0 Å². The van der Waals surface area contributed by atoms with Crippen LogP contribution in [0.15, 0.2) is 152 Å². The highest BCUT2D eigenvalue weighted by atomic mass is 16.7. The van der Waals surface area contributed by atoms with E-state index in [4.69, 9.17) is 28.1 Å². The van der Waals surface area contributed by atoms with Gasteiger partial charge in [-0.1, -0.05) is 212 Å². The Labute approximate surface area is 434 Å². The zero-order chi connectivity index (χ0) is 50.2. The first-order chi connectivity index (χ1) is 35.5. The summed E-state index contributed by atoms with van der Waals surface area (Å²) in [4.78, 5) is 0. The SMILES string of the molecule is CCCCc1ccc(B2OCC(c3ccc(CCCC)cc3)CO2)cc1.CCCCc1ccc(C2COC(c3ccc(CCCC)cc3)OC2)cc1.CCc1ccc(B2OCC(c3ccccc3)CO2)cc1. The molecule has 6 aromatic carbocycles. The molecule has 0 aliphatic carbocycles. The van der Waals surface area contributed by atoms with Crippen molar-refractivity contribution in [1.82, 2.24) is 0 Å². The van der Waals surface area contributed by atoms with Crippen LogP contribution in [-0.2, 0) is 60.2 Å². The van der Waals surface area contributed by atoms with Gasteiger partial charge in [0.05, 0.1) is 13.2 Å². The quantitative estimate of drug-likeness (QED) is 0.0754. The normalized spacial score (nSPS) is 17.4. The van der Waals surface area contributed by atoms with Crippen LogP contribution in [0.2, 0.25) is 0 Å². The number of hydrogen-bond donors (Lipinski definition) is 0. The lowest BCUT2D eigenvalue weighted by atomic mass is 9.76. The van der Waals surface area contributed by atoms with Crippen LogP contribution in [0.25, 0.3) is 0 Å². The summed E-state index contributed by atoms with van der Waals surface area (Å²) >= 11 is 0. The number of rotatable bonds is 19. The second-order valence-electron chi connectivity index (χ2n) is 20.0. The molecule has 0 N–H and O–H groups in total. The van der Waals surface area contributed by atoms with Crippen molar-refractivity contribution < 1.29 is 28.1 Å². The van der Waals surface area contributed by atoms with E-state index in [1.807, 2.05) is 6.07 Å². The molecule has 3 heterocycles. The number of benzene rings is 6. The average Bonchev–Trinajstić information content (AvgIpc) is 3.46. The predicted octanol–water partition coefficient (Wildman–Crippen LogP) is 13.9. The maximum atomic E-state index is 6.02. The van der Waals surface area contributed by atoms with Gasteiger partial charge in [0.2, 0.25) is 0 Å². The first kappa shape index (κ1) is 55.0. The Morgan fingerprint density at radius 1 is 0.333 bits per heavy atom. The molecule has 72 heavy (non-hydrogen) atoms. The van der Waals surface area contributed by atoms with Gasteiger partial charge in [-0.05, 0) is 113 Å². The summed E-state index contributed by atoms with van der Waals surface area (Å²) in [5.41, 5.74) is 14.3. The van der Waals surface area contributed by atoms with Crippen LogP contribution >= 0.6 is 0 Å². The molecule has 380 valence electrons. The van der Waals surface area contributed by atoms with Crippen LogP contribution in [0.1, 0.15) is 160 Å². The van der Waals surface area contributed by atoms with E-state index in [2.05, 4.69) is 180 Å². The molecule has 0 saturated carbocycles. The van der Waals surface area contributed by atoms with Crippen LogP contribution in [0.3, 0.4) is 0 Å². The predicted molar refractivity (Wildman–Crippen MR) is 300 cm³/mol. The molecule has 0 bridgehead atoms. The Kier molecular flexibility index (Phi) is 23.2. The zero-order valence-corrected chi connectivity index (χ0v) is 44.3. The van der Waals surface area contributed by atoms with Crippen molar-refractivity contribution >= 4 is 25.2 Å². The highest BCUT2D eigenvalue weighted by molar-refractivity contribution is 6.61. The molecular weight excluding hydrogens is 886 g/mol. The first-order valence-electron chi connectivity index (χ1n) is 27.6. The highest BCUT2D eigenvalue weighted by Gasteiger charge is 2.31. The Bertz CT molecular complexity index is 2110. The lowest BCUT2D eigenvalue weighted by Crippen LogP contribution is -2.43. The Hall–Kier alpha value is -4.79. The van der Waals surface area contributed by atoms with Crippen LogP contribution in [0.4, 0.5) is 0 Å². The van der Waals surface area contributed by atoms with Crippen molar-refractivity contribution in [1.29, 1.82) is 0 Å². The third-order valence-electron chi connectivity index (χ3n) is 14.3. The summed E-state index contributed by atoms with van der Waals surface area (Å²) in [7, 11) is -0.448. The fourth-order valence-electron chi connectivity index (χ4n) is 9.42. The molecule has 3 aliphatic rings. The molecule has 9 rings (SSSR count). The molecule has 0 aromatic heterocycles. The van der Waals surface area contributed by atoms with Crippen molar-refractivity contribution in [2.45, 2.75) is 142 Å². The van der Waals surface area contributed by atoms with Gasteiger partial charge in [-0.15, -0.1) is 0 Å². The third kappa shape index (κ3) is 17.1. The van der Waals surface area contributed by atoms with Crippen LogP contribution in [-0.4, -0.2) is 53.9 Å². The van der Waals surface area contributed by atoms with Crippen molar-refractivity contribution in [3.63, 3.8) is 0 Å². The van der Waals surface area contributed by atoms with E-state index in [1.165, 1.54) is 109 Å². The second kappa shape index (κ2) is 30.4. The fraction of sp³-hybridized carbons (Fsp3) is 0.438. The molecule has 6 nitrogen and oxygen atoms in total. The van der Waals surface area contributed by atoms with Gasteiger partial charge in [-0.2, -0.15) is 0 Å². The third-order valence-corrected chi connectivity index (χ3v) is 14.3. The van der Waals surface area contributed by atoms with Gasteiger partial charge in [0.25, 0.3) is 0 Å². The van der Waals surface area contributed by atoms with Gasteiger partial charge >= 0.3 is 14.2 Å². The molecular formula is C64H82B2O6. The summed E-state index contributed by atoms with van der Waals surface area (Å²) in [6, 6.07) is 54.3. The summed E-state index contributed by atoms with van der Waals surface area (Å²) in [6.45, 7) is 15.4. The maximum absolute atomic E-state index is 6.02. The lowest BCUT2D eigenvalue weighted by Gasteiger charge is -2.30. The summed E-state index contributed by atoms with van der Waals surface area (Å²) in [5, 5.41) is 0. The van der Waals surface area contributed by atoms with Crippen molar-refractivity contribution in [3.05, 3.63) is 202 Å². The topological polar surface area (TPSA) is 55.4 Å². The van der Waals surface area contributed by atoms with Gasteiger partial charge in [0.1, 0.15) is 0 Å². The van der Waals surface area contributed by atoms with Gasteiger partial charge in [0.15, 0.2) is 6.29 Å². The molecule has 0 atom stereocenters. The van der Waals surface area contributed by atoms with E-state index in [-0.39, 0.29) is 20.5 Å². The van der Waals surface area contributed by atoms with Crippen LogP contribution in [0, 0.1) is 0 Å². The molecule has 3 fully saturated rings. The molecule has 0 radical (unpaired) electrons. The van der Waals surface area contributed by atoms with E-state index in [0.717, 1.165) is 62.2 Å². The van der Waals surface area contributed by atoms with Crippen LogP contribution in [0.5, 0.6) is 0 Å². The molecule has 3 saturated heterocycles. The molecule has 6 aromatic rings. The Morgan fingerprint density at radius 3 is 0.986 bits per heavy atom. The van der Waals surface area contributed by atoms with E-state index in [0.29, 0.717) is 31.0 Å². The fourth-order valence-corrected chi connectivity index (χ4v) is 9.42. The van der Waals surface area contributed by atoms with E-state index >= 15 is 0 Å². The van der Waals surface area contributed by atoms with Crippen molar-refractivity contribution in [2.24, 2.45) is 0 Å². The molecule has 8 heteroatoms. The Balaban J connectivity index is 0.000000160. The maximum Gasteiger partial charge on any atom is 0.493 e. The lowest BCUT2D eigenvalue weighted by molar-refractivity contribution is -0.191. The minimum atomic E-state index is -0.227.